The molecule has 0 unspecified atom stereocenters. The molecule has 0 aromatic rings. The molecule has 0 aromatic heterocycles. The maximum atomic E-state index is 10.6. The molecule has 4 nitrogen and oxygen atoms in total. The maximum Gasteiger partial charge on any atom is 0.330 e. The SMILES string of the molecule is C=CC(=O)OCC.C=CC(=O)OCCCCCCCC. The molecular formula is C16H28O4. The van der Waals surface area contributed by atoms with Crippen LogP contribution in [0.5, 0.6) is 0 Å². The second kappa shape index (κ2) is 17.4. The molecule has 0 bridgehead atoms. The summed E-state index contributed by atoms with van der Waals surface area (Å²) in [5.74, 6) is -0.670. The molecule has 0 aliphatic heterocycles. The van der Waals surface area contributed by atoms with E-state index in [0.717, 1.165) is 18.9 Å². The third-order valence-electron chi connectivity index (χ3n) is 2.36. The Kier molecular flexibility index (Phi) is 18.1. The van der Waals surface area contributed by atoms with Crippen molar-refractivity contribution < 1.29 is 19.1 Å². The van der Waals surface area contributed by atoms with E-state index in [1.54, 1.807) is 6.92 Å². The van der Waals surface area contributed by atoms with E-state index in [9.17, 15) is 9.59 Å². The average Bonchev–Trinajstić information content (AvgIpc) is 2.46. The molecule has 0 N–H and O–H groups in total. The van der Waals surface area contributed by atoms with E-state index in [-0.39, 0.29) is 11.9 Å². The first-order valence-corrected chi connectivity index (χ1v) is 7.20. The van der Waals surface area contributed by atoms with Gasteiger partial charge < -0.3 is 9.47 Å². The average molecular weight is 284 g/mol. The Bertz CT molecular complexity index is 272. The Morgan fingerprint density at radius 1 is 0.850 bits per heavy atom. The van der Waals surface area contributed by atoms with Gasteiger partial charge >= 0.3 is 11.9 Å². The van der Waals surface area contributed by atoms with Gasteiger partial charge in [0.25, 0.3) is 0 Å². The van der Waals surface area contributed by atoms with Crippen LogP contribution in [0.15, 0.2) is 25.3 Å². The molecule has 0 fully saturated rings. The van der Waals surface area contributed by atoms with Crippen molar-refractivity contribution in [3.63, 3.8) is 0 Å². The molecule has 20 heavy (non-hydrogen) atoms. The van der Waals surface area contributed by atoms with Crippen LogP contribution in [-0.2, 0) is 19.1 Å². The van der Waals surface area contributed by atoms with Gasteiger partial charge in [0.2, 0.25) is 0 Å². The zero-order chi connectivity index (χ0) is 15.6. The predicted molar refractivity (Wildman–Crippen MR) is 81.4 cm³/mol. The van der Waals surface area contributed by atoms with Crippen molar-refractivity contribution in [3.8, 4) is 0 Å². The van der Waals surface area contributed by atoms with E-state index >= 15 is 0 Å². The van der Waals surface area contributed by atoms with Gasteiger partial charge in [0.1, 0.15) is 0 Å². The van der Waals surface area contributed by atoms with Crippen LogP contribution in [0.1, 0.15) is 52.4 Å². The Labute approximate surface area is 122 Å². The molecule has 0 rings (SSSR count). The van der Waals surface area contributed by atoms with Gasteiger partial charge in [-0.25, -0.2) is 9.59 Å². The van der Waals surface area contributed by atoms with E-state index in [0.29, 0.717) is 13.2 Å². The van der Waals surface area contributed by atoms with Crippen molar-refractivity contribution in [2.45, 2.75) is 52.4 Å². The fraction of sp³-hybridized carbons (Fsp3) is 0.625. The lowest BCUT2D eigenvalue weighted by Gasteiger charge is -2.01. The zero-order valence-electron chi connectivity index (χ0n) is 12.9. The van der Waals surface area contributed by atoms with E-state index < -0.39 is 0 Å². The highest BCUT2D eigenvalue weighted by molar-refractivity contribution is 5.81. The third kappa shape index (κ3) is 18.8. The summed E-state index contributed by atoms with van der Waals surface area (Å²) >= 11 is 0. The number of esters is 2. The molecule has 0 aromatic carbocycles. The lowest BCUT2D eigenvalue weighted by Crippen LogP contribution is -2.01. The minimum Gasteiger partial charge on any atom is -0.463 e. The molecule has 0 spiro atoms. The lowest BCUT2D eigenvalue weighted by molar-refractivity contribution is -0.138. The van der Waals surface area contributed by atoms with Crippen molar-refractivity contribution in [2.24, 2.45) is 0 Å². The van der Waals surface area contributed by atoms with Gasteiger partial charge in [-0.1, -0.05) is 52.2 Å². The van der Waals surface area contributed by atoms with Crippen molar-refractivity contribution in [1.29, 1.82) is 0 Å². The second-order valence-corrected chi connectivity index (χ2v) is 4.10. The summed E-state index contributed by atoms with van der Waals surface area (Å²) in [6.45, 7) is 11.4. The smallest absolute Gasteiger partial charge is 0.330 e. The Balaban J connectivity index is 0. The first-order valence-electron chi connectivity index (χ1n) is 7.20. The second-order valence-electron chi connectivity index (χ2n) is 4.10. The van der Waals surface area contributed by atoms with Crippen LogP contribution in [0.25, 0.3) is 0 Å². The third-order valence-corrected chi connectivity index (χ3v) is 2.36. The Hall–Kier alpha value is -1.58. The Morgan fingerprint density at radius 3 is 1.80 bits per heavy atom. The monoisotopic (exact) mass is 284 g/mol. The molecule has 0 amide bonds. The maximum absolute atomic E-state index is 10.6. The fourth-order valence-corrected chi connectivity index (χ4v) is 1.32. The summed E-state index contributed by atoms with van der Waals surface area (Å²) in [6.07, 6.45) is 9.61. The van der Waals surface area contributed by atoms with Crippen LogP contribution in [-0.4, -0.2) is 25.2 Å². The topological polar surface area (TPSA) is 52.6 Å². The molecule has 0 aliphatic rings. The molecular weight excluding hydrogens is 256 g/mol. The number of hydrogen-bond acceptors (Lipinski definition) is 4. The number of carbonyl (C=O) groups excluding carboxylic acids is 2. The van der Waals surface area contributed by atoms with Gasteiger partial charge in [-0.2, -0.15) is 0 Å². The summed E-state index contributed by atoms with van der Waals surface area (Å²) in [5.41, 5.74) is 0. The fourth-order valence-electron chi connectivity index (χ4n) is 1.32. The molecule has 0 saturated carbocycles. The number of unbranched alkanes of at least 4 members (excludes halogenated alkanes) is 5. The number of carbonyl (C=O) groups is 2. The van der Waals surface area contributed by atoms with Gasteiger partial charge in [-0.15, -0.1) is 0 Å². The summed E-state index contributed by atoms with van der Waals surface area (Å²) < 4.78 is 9.27. The van der Waals surface area contributed by atoms with Crippen LogP contribution >= 0.6 is 0 Å². The molecule has 4 heteroatoms. The van der Waals surface area contributed by atoms with Crippen molar-refractivity contribution in [1.82, 2.24) is 0 Å². The van der Waals surface area contributed by atoms with E-state index in [1.165, 1.54) is 31.8 Å². The van der Waals surface area contributed by atoms with E-state index in [1.807, 2.05) is 0 Å². The van der Waals surface area contributed by atoms with Crippen LogP contribution in [0.3, 0.4) is 0 Å². The lowest BCUT2D eigenvalue weighted by atomic mass is 10.1. The highest BCUT2D eigenvalue weighted by Crippen LogP contribution is 2.04. The van der Waals surface area contributed by atoms with Crippen molar-refractivity contribution in [2.75, 3.05) is 13.2 Å². The van der Waals surface area contributed by atoms with Gasteiger partial charge in [0.15, 0.2) is 0 Å². The molecule has 0 saturated heterocycles. The van der Waals surface area contributed by atoms with Gasteiger partial charge in [-0.05, 0) is 13.3 Å². The van der Waals surface area contributed by atoms with Crippen LogP contribution in [0.4, 0.5) is 0 Å². The van der Waals surface area contributed by atoms with Crippen LogP contribution in [0.2, 0.25) is 0 Å². The van der Waals surface area contributed by atoms with Crippen molar-refractivity contribution >= 4 is 11.9 Å². The standard InChI is InChI=1S/C11H20O2.C5H8O2/c1-3-5-6-7-8-9-10-13-11(12)4-2;1-3-5(6)7-4-2/h4H,2-3,5-10H2,1H3;3H,1,4H2,2H3. The molecule has 0 radical (unpaired) electrons. The van der Waals surface area contributed by atoms with E-state index in [2.05, 4.69) is 24.8 Å². The van der Waals surface area contributed by atoms with Crippen molar-refractivity contribution in [3.05, 3.63) is 25.3 Å². The summed E-state index contributed by atoms with van der Waals surface area (Å²) in [5, 5.41) is 0. The molecule has 0 heterocycles. The molecule has 0 aliphatic carbocycles. The minimum absolute atomic E-state index is 0.312. The molecule has 116 valence electrons. The first kappa shape index (κ1) is 20.7. The van der Waals surface area contributed by atoms with Gasteiger partial charge in [0.05, 0.1) is 13.2 Å². The highest BCUT2D eigenvalue weighted by Gasteiger charge is 1.94. The normalized spacial score (nSPS) is 8.90. The largest absolute Gasteiger partial charge is 0.463 e. The summed E-state index contributed by atoms with van der Waals surface area (Å²) in [4.78, 5) is 20.7. The molecule has 0 atom stereocenters. The van der Waals surface area contributed by atoms with Gasteiger partial charge in [0, 0.05) is 12.2 Å². The van der Waals surface area contributed by atoms with Crippen LogP contribution < -0.4 is 0 Å². The summed E-state index contributed by atoms with van der Waals surface area (Å²) in [6, 6.07) is 0. The highest BCUT2D eigenvalue weighted by atomic mass is 16.5. The zero-order valence-corrected chi connectivity index (χ0v) is 12.9. The number of hydrogen-bond donors (Lipinski definition) is 0. The summed E-state index contributed by atoms with van der Waals surface area (Å²) in [7, 11) is 0. The first-order chi connectivity index (χ1) is 9.62. The number of rotatable bonds is 10. The minimum atomic E-state index is -0.359. The predicted octanol–water partition coefficient (Wildman–Crippen LogP) is 3.81. The van der Waals surface area contributed by atoms with E-state index in [4.69, 9.17) is 4.74 Å². The number of ether oxygens (including phenoxy) is 2. The Morgan fingerprint density at radius 2 is 1.35 bits per heavy atom. The van der Waals surface area contributed by atoms with Crippen LogP contribution in [0, 0.1) is 0 Å². The quantitative estimate of drug-likeness (QED) is 0.348. The van der Waals surface area contributed by atoms with Gasteiger partial charge in [-0.3, -0.25) is 0 Å².